The molecule has 3 N–H and O–H groups in total. The first kappa shape index (κ1) is 23.5. The first-order valence-corrected chi connectivity index (χ1v) is 12.6. The van der Waals surface area contributed by atoms with E-state index in [0.717, 1.165) is 78.3 Å². The number of fused-ring (bicyclic) bond motifs is 1. The quantitative estimate of drug-likeness (QED) is 0.336. The summed E-state index contributed by atoms with van der Waals surface area (Å²) in [6, 6.07) is 9.38. The molecule has 1 aliphatic heterocycles. The van der Waals surface area contributed by atoms with Crippen LogP contribution in [0.2, 0.25) is 0 Å². The molecular formula is C29H28F2N6. The van der Waals surface area contributed by atoms with E-state index in [-0.39, 0.29) is 6.04 Å². The Hall–Kier alpha value is -3.91. The normalized spacial score (nSPS) is 16.2. The average Bonchev–Trinajstić information content (AvgIpc) is 3.74. The van der Waals surface area contributed by atoms with Crippen LogP contribution >= 0.6 is 0 Å². The number of nitrogens with one attached hydrogen (secondary N) is 1. The first-order chi connectivity index (χ1) is 17.9. The van der Waals surface area contributed by atoms with Gasteiger partial charge in [-0.25, -0.2) is 18.7 Å². The van der Waals surface area contributed by atoms with E-state index in [1.54, 1.807) is 12.4 Å². The van der Waals surface area contributed by atoms with E-state index in [1.807, 2.05) is 24.4 Å². The van der Waals surface area contributed by atoms with Crippen LogP contribution in [0.4, 0.5) is 26.1 Å². The van der Waals surface area contributed by atoms with E-state index in [4.69, 9.17) is 5.73 Å². The molecule has 0 spiro atoms. The zero-order valence-corrected chi connectivity index (χ0v) is 20.4. The molecule has 0 bridgehead atoms. The number of nitrogens with two attached hydrogens (primary N) is 1. The Morgan fingerprint density at radius 1 is 0.892 bits per heavy atom. The zero-order chi connectivity index (χ0) is 25.5. The van der Waals surface area contributed by atoms with Crippen LogP contribution in [0.25, 0.3) is 27.6 Å². The van der Waals surface area contributed by atoms with Crippen molar-refractivity contribution in [2.45, 2.75) is 31.7 Å². The van der Waals surface area contributed by atoms with E-state index in [2.05, 4.69) is 31.7 Å². The summed E-state index contributed by atoms with van der Waals surface area (Å²) in [4.78, 5) is 16.0. The number of nitrogens with zero attached hydrogens (tertiary/aromatic N) is 4. The Morgan fingerprint density at radius 3 is 2.27 bits per heavy atom. The van der Waals surface area contributed by atoms with Crippen molar-refractivity contribution < 1.29 is 8.78 Å². The average molecular weight is 499 g/mol. The summed E-state index contributed by atoms with van der Waals surface area (Å²) in [5.74, 6) is -0.106. The molecule has 2 fully saturated rings. The lowest BCUT2D eigenvalue weighted by atomic mass is 9.97. The molecule has 0 radical (unpaired) electrons. The van der Waals surface area contributed by atoms with Gasteiger partial charge in [-0.2, -0.15) is 0 Å². The Kier molecular flexibility index (Phi) is 6.04. The summed E-state index contributed by atoms with van der Waals surface area (Å²) in [6.45, 7) is 6.04. The van der Waals surface area contributed by atoms with Gasteiger partial charge in [-0.3, -0.25) is 4.98 Å². The number of benzene rings is 2. The maximum atomic E-state index is 13.9. The van der Waals surface area contributed by atoms with E-state index in [0.29, 0.717) is 23.0 Å². The number of halogens is 2. The second-order valence-corrected chi connectivity index (χ2v) is 9.96. The molecule has 0 atom stereocenters. The van der Waals surface area contributed by atoms with Gasteiger partial charge in [0, 0.05) is 42.3 Å². The Labute approximate surface area is 214 Å². The van der Waals surface area contributed by atoms with Gasteiger partial charge in [-0.05, 0) is 72.6 Å². The van der Waals surface area contributed by atoms with Crippen molar-refractivity contribution in [2.24, 2.45) is 11.7 Å². The maximum Gasteiger partial charge on any atom is 0.225 e. The van der Waals surface area contributed by atoms with Crippen LogP contribution in [-0.4, -0.2) is 34.1 Å². The summed E-state index contributed by atoms with van der Waals surface area (Å²) < 4.78 is 27.9. The third-order valence-electron chi connectivity index (χ3n) is 7.21. The highest BCUT2D eigenvalue weighted by Crippen LogP contribution is 2.45. The van der Waals surface area contributed by atoms with Gasteiger partial charge in [-0.15, -0.1) is 0 Å². The topological polar surface area (TPSA) is 80.0 Å². The zero-order valence-electron chi connectivity index (χ0n) is 20.4. The van der Waals surface area contributed by atoms with Gasteiger partial charge in [0.15, 0.2) is 0 Å². The summed E-state index contributed by atoms with van der Waals surface area (Å²) in [5.41, 5.74) is 11.5. The van der Waals surface area contributed by atoms with E-state index in [9.17, 15) is 8.78 Å². The predicted molar refractivity (Wildman–Crippen MR) is 144 cm³/mol. The number of rotatable bonds is 6. The van der Waals surface area contributed by atoms with Gasteiger partial charge in [-0.1, -0.05) is 12.6 Å². The minimum atomic E-state index is -0.615. The largest absolute Gasteiger partial charge is 0.352 e. The maximum absolute atomic E-state index is 13.9. The first-order valence-electron chi connectivity index (χ1n) is 12.6. The predicted octanol–water partition coefficient (Wildman–Crippen LogP) is 6.06. The minimum absolute atomic E-state index is 0.240. The number of hydrogen-bond acceptors (Lipinski definition) is 6. The number of anilines is 3. The minimum Gasteiger partial charge on any atom is -0.352 e. The Morgan fingerprint density at radius 2 is 1.59 bits per heavy atom. The Bertz CT molecular complexity index is 1450. The van der Waals surface area contributed by atoms with Crippen molar-refractivity contribution >= 4 is 33.8 Å². The monoisotopic (exact) mass is 498 g/mol. The molecule has 188 valence electrons. The molecule has 4 aromatic rings. The molecule has 2 aromatic carbocycles. The van der Waals surface area contributed by atoms with Gasteiger partial charge in [0.05, 0.1) is 29.3 Å². The smallest absolute Gasteiger partial charge is 0.225 e. The fourth-order valence-electron chi connectivity index (χ4n) is 4.92. The number of hydrogen-bond donors (Lipinski definition) is 2. The third-order valence-corrected chi connectivity index (χ3v) is 7.21. The molecule has 8 heteroatoms. The van der Waals surface area contributed by atoms with Crippen LogP contribution < -0.4 is 16.0 Å². The lowest BCUT2D eigenvalue weighted by Crippen LogP contribution is -2.40. The van der Waals surface area contributed by atoms with Gasteiger partial charge < -0.3 is 16.0 Å². The number of aromatic nitrogens is 3. The molecule has 3 heterocycles. The van der Waals surface area contributed by atoms with Crippen LogP contribution in [0.15, 0.2) is 61.6 Å². The van der Waals surface area contributed by atoms with Crippen LogP contribution in [0.3, 0.4) is 0 Å². The molecule has 0 amide bonds. The molecule has 6 nitrogen and oxygen atoms in total. The third kappa shape index (κ3) is 4.89. The van der Waals surface area contributed by atoms with Crippen molar-refractivity contribution in [3.63, 3.8) is 0 Å². The van der Waals surface area contributed by atoms with Gasteiger partial charge >= 0.3 is 0 Å². The van der Waals surface area contributed by atoms with Crippen molar-refractivity contribution in [3.05, 3.63) is 78.8 Å². The number of allylic oxidation sites excluding steroid dienone is 1. The SMILES string of the molecule is C=C(c1cnc2ccc(-c3cc(F)cc(F)c3)cc2c1Nc1cnc(N2CCC(N)CC2)nc1)C1CC1. The highest BCUT2D eigenvalue weighted by molar-refractivity contribution is 6.01. The van der Waals surface area contributed by atoms with Crippen molar-refractivity contribution in [1.29, 1.82) is 0 Å². The standard InChI is InChI=1S/C29H28F2N6/c1-17(18-2-3-18)26-16-33-27-5-4-19(20-10-21(30)13-22(31)11-20)12-25(27)28(26)36-24-14-34-29(35-15-24)37-8-6-23(32)7-9-37/h4-5,10-16,18,23H,1-3,6-9,32H2,(H,33,36). The highest BCUT2D eigenvalue weighted by atomic mass is 19.1. The van der Waals surface area contributed by atoms with E-state index >= 15 is 0 Å². The molecule has 1 saturated carbocycles. The van der Waals surface area contributed by atoms with Crippen LogP contribution in [0.5, 0.6) is 0 Å². The number of pyridine rings is 1. The van der Waals surface area contributed by atoms with Gasteiger partial charge in [0.1, 0.15) is 11.6 Å². The molecule has 2 aromatic heterocycles. The van der Waals surface area contributed by atoms with Crippen LogP contribution in [0, 0.1) is 17.6 Å². The van der Waals surface area contributed by atoms with E-state index in [1.165, 1.54) is 12.1 Å². The summed E-state index contributed by atoms with van der Waals surface area (Å²) in [5, 5.41) is 4.33. The fourth-order valence-corrected chi connectivity index (χ4v) is 4.92. The fraction of sp³-hybridized carbons (Fsp3) is 0.276. The second-order valence-electron chi connectivity index (χ2n) is 9.96. The summed E-state index contributed by atoms with van der Waals surface area (Å²) in [7, 11) is 0. The highest BCUT2D eigenvalue weighted by Gasteiger charge is 2.28. The molecular weight excluding hydrogens is 470 g/mol. The van der Waals surface area contributed by atoms with Gasteiger partial charge in [0.25, 0.3) is 0 Å². The van der Waals surface area contributed by atoms with Crippen molar-refractivity contribution in [1.82, 2.24) is 15.0 Å². The number of piperidine rings is 1. The molecule has 2 aliphatic rings. The molecule has 0 unspecified atom stereocenters. The van der Waals surface area contributed by atoms with Gasteiger partial charge in [0.2, 0.25) is 5.95 Å². The molecule has 1 aliphatic carbocycles. The lowest BCUT2D eigenvalue weighted by Gasteiger charge is -2.30. The van der Waals surface area contributed by atoms with Crippen molar-refractivity contribution in [2.75, 3.05) is 23.3 Å². The Balaban J connectivity index is 1.39. The lowest BCUT2D eigenvalue weighted by molar-refractivity contribution is 0.495. The molecule has 1 saturated heterocycles. The van der Waals surface area contributed by atoms with E-state index < -0.39 is 11.6 Å². The summed E-state index contributed by atoms with van der Waals surface area (Å²) >= 11 is 0. The van der Waals surface area contributed by atoms with Crippen molar-refractivity contribution in [3.8, 4) is 11.1 Å². The molecule has 37 heavy (non-hydrogen) atoms. The van der Waals surface area contributed by atoms with Crippen LogP contribution in [-0.2, 0) is 0 Å². The second kappa shape index (κ2) is 9.52. The molecule has 6 rings (SSSR count). The summed E-state index contributed by atoms with van der Waals surface area (Å²) in [6.07, 6.45) is 9.47. The van der Waals surface area contributed by atoms with Crippen LogP contribution in [0.1, 0.15) is 31.2 Å².